The van der Waals surface area contributed by atoms with Gasteiger partial charge in [-0.05, 0) is 24.2 Å². The molecule has 0 N–H and O–H groups in total. The fourth-order valence-electron chi connectivity index (χ4n) is 2.23. The van der Waals surface area contributed by atoms with Gasteiger partial charge in [0.25, 0.3) is 0 Å². The Morgan fingerprint density at radius 2 is 1.30 bits per heavy atom. The number of nitrogens with zero attached hydrogens (tertiary/aromatic N) is 1. The van der Waals surface area contributed by atoms with Crippen molar-refractivity contribution in [1.29, 1.82) is 0 Å². The van der Waals surface area contributed by atoms with E-state index in [1.54, 1.807) is 0 Å². The van der Waals surface area contributed by atoms with Crippen molar-refractivity contribution < 1.29 is 29.4 Å². The fraction of sp³-hybridized carbons (Fsp3) is 1.00. The lowest BCUT2D eigenvalue weighted by molar-refractivity contribution is -0.431. The molecule has 122 valence electrons. The lowest BCUT2D eigenvalue weighted by Crippen LogP contribution is -2.47. The van der Waals surface area contributed by atoms with E-state index in [0.717, 1.165) is 11.3 Å². The van der Waals surface area contributed by atoms with Crippen LogP contribution in [0.5, 0.6) is 0 Å². The third-order valence-corrected chi connectivity index (χ3v) is 4.14. The van der Waals surface area contributed by atoms with Crippen molar-refractivity contribution in [3.63, 3.8) is 0 Å². The van der Waals surface area contributed by atoms with E-state index < -0.39 is 28.5 Å². The van der Waals surface area contributed by atoms with E-state index in [9.17, 15) is 29.4 Å². The Hall–Kier alpha value is 0.580. The third kappa shape index (κ3) is 13.6. The van der Waals surface area contributed by atoms with Gasteiger partial charge < -0.3 is 29.4 Å². The van der Waals surface area contributed by atoms with Gasteiger partial charge in [-0.15, -0.1) is 15.9 Å². The molecule has 1 unspecified atom stereocenters. The summed E-state index contributed by atoms with van der Waals surface area (Å²) in [5, 5.41) is 0. The highest BCUT2D eigenvalue weighted by atomic mass is 31.2. The van der Waals surface area contributed by atoms with Crippen LogP contribution in [-0.4, -0.2) is 24.0 Å². The lowest BCUT2D eigenvalue weighted by Gasteiger charge is -2.49. The van der Waals surface area contributed by atoms with Crippen LogP contribution in [0.25, 0.3) is 0 Å². The Morgan fingerprint density at radius 3 is 1.60 bits per heavy atom. The van der Waals surface area contributed by atoms with E-state index in [2.05, 4.69) is 20.8 Å². The molecule has 9 heteroatoms. The fourth-order valence-corrected chi connectivity index (χ4v) is 3.85. The van der Waals surface area contributed by atoms with E-state index in [1.165, 1.54) is 0 Å². The molecule has 0 rings (SSSR count). The van der Waals surface area contributed by atoms with Crippen molar-refractivity contribution in [2.24, 2.45) is 11.3 Å². The number of rotatable bonds is 8. The average Bonchev–Trinajstić information content (AvgIpc) is 2.06. The summed E-state index contributed by atoms with van der Waals surface area (Å²) in [5.41, 5.74) is 0.100. The van der Waals surface area contributed by atoms with Crippen molar-refractivity contribution in [3.8, 4) is 0 Å². The highest BCUT2D eigenvalue weighted by Gasteiger charge is 2.18. The van der Waals surface area contributed by atoms with Crippen LogP contribution in [0.4, 0.5) is 0 Å². The average molecular weight is 327 g/mol. The maximum absolute atomic E-state index is 10.7. The van der Waals surface area contributed by atoms with Crippen LogP contribution in [0.3, 0.4) is 0 Å². The molecule has 0 aromatic heterocycles. The normalized spacial score (nSPS) is 15.8. The first-order valence-electron chi connectivity index (χ1n) is 6.42. The van der Waals surface area contributed by atoms with Crippen molar-refractivity contribution in [2.45, 2.75) is 40.5 Å². The molecule has 0 saturated heterocycles. The molecule has 0 radical (unpaired) electrons. The predicted molar refractivity (Wildman–Crippen MR) is 68.1 cm³/mol. The standard InChI is InChI=1S/C11H27NO6P2/c1-10(7-11(2,3)4)5-6-12(8-19(13,14)15)9-20(16,17)18/h10H,5-9H2,1-4H3,(H2,13,14,15)(H2,16,17,18)/p-4. The molecule has 0 aromatic rings. The smallest absolute Gasteiger partial charge is 0.0970 e. The molecule has 0 aliphatic rings. The van der Waals surface area contributed by atoms with Gasteiger partial charge in [-0.25, -0.2) is 4.90 Å². The van der Waals surface area contributed by atoms with Gasteiger partial charge in [-0.1, -0.05) is 27.7 Å². The molecule has 0 saturated carbocycles. The van der Waals surface area contributed by atoms with Crippen molar-refractivity contribution in [3.05, 3.63) is 0 Å². The van der Waals surface area contributed by atoms with Crippen LogP contribution in [0.2, 0.25) is 0 Å². The molecule has 0 spiro atoms. The van der Waals surface area contributed by atoms with Gasteiger partial charge in [-0.2, -0.15) is 0 Å². The van der Waals surface area contributed by atoms with E-state index in [-0.39, 0.29) is 17.9 Å². The van der Waals surface area contributed by atoms with E-state index >= 15 is 0 Å². The summed E-state index contributed by atoms with van der Waals surface area (Å²) in [6.45, 7) is 8.25. The second-order valence-corrected chi connectivity index (χ2v) is 9.57. The zero-order valence-electron chi connectivity index (χ0n) is 12.4. The van der Waals surface area contributed by atoms with Crippen LogP contribution >= 0.6 is 15.9 Å². The van der Waals surface area contributed by atoms with Gasteiger partial charge in [0.2, 0.25) is 0 Å². The van der Waals surface area contributed by atoms with Crippen LogP contribution in [-0.2, 0) is 0 Å². The van der Waals surface area contributed by atoms with E-state index in [0.29, 0.717) is 6.42 Å². The summed E-state index contributed by atoms with van der Waals surface area (Å²) in [4.78, 5) is 65.3. The summed E-state index contributed by atoms with van der Waals surface area (Å²) < 4.78 is 0. The topological polar surface area (TPSA) is 142 Å². The molecule has 20 heavy (non-hydrogen) atoms. The molecule has 0 aliphatic carbocycles. The highest BCUT2D eigenvalue weighted by Crippen LogP contribution is 2.35. The van der Waals surface area contributed by atoms with Gasteiger partial charge >= 0.3 is 0 Å². The van der Waals surface area contributed by atoms with Gasteiger partial charge in [0.1, 0.15) is 0 Å². The van der Waals surface area contributed by atoms with E-state index in [4.69, 9.17) is 0 Å². The van der Waals surface area contributed by atoms with E-state index in [1.807, 2.05) is 6.92 Å². The molecular weight excluding hydrogens is 304 g/mol. The maximum Gasteiger partial charge on any atom is 0.0970 e. The zero-order chi connectivity index (χ0) is 16.2. The minimum absolute atomic E-state index is 0.0974. The summed E-state index contributed by atoms with van der Waals surface area (Å²) >= 11 is 0. The Bertz CT molecular complexity index is 268. The first-order chi connectivity index (χ1) is 8.68. The van der Waals surface area contributed by atoms with Gasteiger partial charge in [0.15, 0.2) is 0 Å². The zero-order valence-corrected chi connectivity index (χ0v) is 14.2. The molecule has 0 aromatic carbocycles. The monoisotopic (exact) mass is 327 g/mol. The first kappa shape index (κ1) is 20.6. The molecule has 0 fully saturated rings. The molecule has 0 heterocycles. The Labute approximate surface area is 122 Å². The molecule has 0 amide bonds. The summed E-state index contributed by atoms with van der Waals surface area (Å²) in [6.07, 6.45) is -0.454. The SMILES string of the molecule is CC(CCN(C[P+]([O-])([O-])[O-])C[P+]([O-])([O-])[O-])CC(C)(C)C. The second-order valence-electron chi connectivity index (χ2n) is 6.56. The molecule has 0 bridgehead atoms. The number of hydrogen-bond acceptors (Lipinski definition) is 7. The van der Waals surface area contributed by atoms with Crippen molar-refractivity contribution in [1.82, 2.24) is 4.90 Å². The van der Waals surface area contributed by atoms with Crippen molar-refractivity contribution >= 4 is 15.9 Å². The summed E-state index contributed by atoms with van der Waals surface area (Å²) in [7, 11) is -9.76. The van der Waals surface area contributed by atoms with Gasteiger partial charge in [0.05, 0.1) is 12.6 Å². The second kappa shape index (κ2) is 7.73. The number of hydrogen-bond donors (Lipinski definition) is 0. The van der Waals surface area contributed by atoms with Crippen LogP contribution < -0.4 is 29.4 Å². The molecule has 7 nitrogen and oxygen atoms in total. The third-order valence-electron chi connectivity index (χ3n) is 2.65. The molecule has 0 aliphatic heterocycles. The van der Waals surface area contributed by atoms with Crippen LogP contribution in [0.1, 0.15) is 40.5 Å². The predicted octanol–water partition coefficient (Wildman–Crippen LogP) is -2.65. The highest BCUT2D eigenvalue weighted by molar-refractivity contribution is 7.55. The molecular formula is C11H23NO6P2-4. The quantitative estimate of drug-likeness (QED) is 0.443. The Morgan fingerprint density at radius 1 is 0.900 bits per heavy atom. The minimum Gasteiger partial charge on any atom is -0.687 e. The largest absolute Gasteiger partial charge is 0.687 e. The van der Waals surface area contributed by atoms with Gasteiger partial charge in [-0.3, -0.25) is 0 Å². The lowest BCUT2D eigenvalue weighted by atomic mass is 9.84. The summed E-state index contributed by atoms with van der Waals surface area (Å²) in [6, 6.07) is 0. The first-order valence-corrected chi connectivity index (χ1v) is 9.88. The maximum atomic E-state index is 10.7. The van der Waals surface area contributed by atoms with Crippen LogP contribution in [0, 0.1) is 11.3 Å². The summed E-state index contributed by atoms with van der Waals surface area (Å²) in [5.74, 6) is 0.230. The Balaban J connectivity index is 4.43. The minimum atomic E-state index is -4.88. The Kier molecular flexibility index (Phi) is 7.95. The molecule has 1 atom stereocenters. The van der Waals surface area contributed by atoms with Crippen molar-refractivity contribution in [2.75, 3.05) is 19.1 Å². The van der Waals surface area contributed by atoms with Gasteiger partial charge in [0, 0.05) is 6.54 Å². The van der Waals surface area contributed by atoms with Crippen LogP contribution in [0.15, 0.2) is 0 Å².